The van der Waals surface area contributed by atoms with Crippen LogP contribution in [0.5, 0.6) is 17.2 Å². The fourth-order valence-corrected chi connectivity index (χ4v) is 3.08. The van der Waals surface area contributed by atoms with Crippen molar-refractivity contribution in [2.24, 2.45) is 0 Å². The van der Waals surface area contributed by atoms with Crippen LogP contribution in [0.2, 0.25) is 0 Å². The highest BCUT2D eigenvalue weighted by molar-refractivity contribution is 5.90. The van der Waals surface area contributed by atoms with Crippen LogP contribution in [0.15, 0.2) is 58.0 Å². The fraction of sp³-hybridized carbons (Fsp3) is 0.150. The molecule has 0 amide bonds. The van der Waals surface area contributed by atoms with Gasteiger partial charge in [0.1, 0.15) is 40.6 Å². The lowest BCUT2D eigenvalue weighted by Crippen LogP contribution is -2.13. The molecule has 0 spiro atoms. The van der Waals surface area contributed by atoms with E-state index in [1.54, 1.807) is 18.2 Å². The van der Waals surface area contributed by atoms with E-state index in [9.17, 15) is 15.0 Å². The number of phenolic OH excluding ortho intramolecular Hbond substituents is 2. The third-order valence-electron chi connectivity index (χ3n) is 4.49. The van der Waals surface area contributed by atoms with Crippen LogP contribution in [0.1, 0.15) is 12.5 Å². The third-order valence-corrected chi connectivity index (χ3v) is 4.49. The lowest BCUT2D eigenvalue weighted by atomic mass is 10.0. The lowest BCUT2D eigenvalue weighted by molar-refractivity contribution is 0.271. The average Bonchev–Trinajstić information content (AvgIpc) is 3.01. The second-order valence-corrected chi connectivity index (χ2v) is 6.26. The van der Waals surface area contributed by atoms with Gasteiger partial charge in [-0.25, -0.2) is 0 Å². The molecule has 0 aliphatic carbocycles. The molecule has 1 aromatic heterocycles. The molecule has 1 aliphatic heterocycles. The third kappa shape index (κ3) is 2.36. The zero-order valence-electron chi connectivity index (χ0n) is 13.6. The molecule has 0 saturated heterocycles. The number of benzene rings is 2. The molecular weight excluding hydrogens is 320 g/mol. The van der Waals surface area contributed by atoms with Gasteiger partial charge in [-0.05, 0) is 30.2 Å². The maximum Gasteiger partial charge on any atom is 0.204 e. The quantitative estimate of drug-likeness (QED) is 0.697. The molecule has 2 N–H and O–H groups in total. The van der Waals surface area contributed by atoms with Crippen molar-refractivity contribution in [1.29, 1.82) is 0 Å². The normalized spacial score (nSPS) is 15.8. The van der Waals surface area contributed by atoms with E-state index in [1.165, 1.54) is 18.4 Å². The van der Waals surface area contributed by atoms with Gasteiger partial charge < -0.3 is 19.4 Å². The van der Waals surface area contributed by atoms with Gasteiger partial charge in [-0.1, -0.05) is 18.7 Å². The summed E-state index contributed by atoms with van der Waals surface area (Å²) in [4.78, 5) is 12.9. The van der Waals surface area contributed by atoms with Gasteiger partial charge in [0.2, 0.25) is 5.43 Å². The highest BCUT2D eigenvalue weighted by Gasteiger charge is 2.29. The van der Waals surface area contributed by atoms with E-state index in [2.05, 4.69) is 6.58 Å². The number of hydrogen-bond acceptors (Lipinski definition) is 5. The minimum atomic E-state index is -0.328. The fourth-order valence-electron chi connectivity index (χ4n) is 3.08. The Hall–Kier alpha value is -3.21. The van der Waals surface area contributed by atoms with E-state index in [-0.39, 0.29) is 34.0 Å². The van der Waals surface area contributed by atoms with Crippen LogP contribution >= 0.6 is 0 Å². The number of rotatable bonds is 2. The Labute approximate surface area is 143 Å². The summed E-state index contributed by atoms with van der Waals surface area (Å²) in [5.74, 6) is 0.516. The zero-order valence-corrected chi connectivity index (χ0v) is 13.6. The first-order chi connectivity index (χ1) is 12.0. The first-order valence-electron chi connectivity index (χ1n) is 7.87. The average molecular weight is 336 g/mol. The van der Waals surface area contributed by atoms with Crippen molar-refractivity contribution in [2.45, 2.75) is 19.4 Å². The summed E-state index contributed by atoms with van der Waals surface area (Å²) >= 11 is 0. The largest absolute Gasteiger partial charge is 0.508 e. The highest BCUT2D eigenvalue weighted by Crippen LogP contribution is 2.41. The molecule has 5 nitrogen and oxygen atoms in total. The van der Waals surface area contributed by atoms with Crippen LogP contribution in [0.25, 0.3) is 22.1 Å². The summed E-state index contributed by atoms with van der Waals surface area (Å²) < 4.78 is 11.4. The van der Waals surface area contributed by atoms with Crippen LogP contribution in [0.3, 0.4) is 0 Å². The van der Waals surface area contributed by atoms with Crippen LogP contribution in [-0.2, 0) is 6.42 Å². The van der Waals surface area contributed by atoms with Gasteiger partial charge in [-0.15, -0.1) is 0 Å². The predicted octanol–water partition coefficient (Wildman–Crippen LogP) is 3.75. The monoisotopic (exact) mass is 336 g/mol. The first-order valence-corrected chi connectivity index (χ1v) is 7.87. The van der Waals surface area contributed by atoms with Gasteiger partial charge in [0.25, 0.3) is 0 Å². The molecule has 2 heterocycles. The van der Waals surface area contributed by atoms with E-state index >= 15 is 0 Å². The molecule has 0 unspecified atom stereocenters. The van der Waals surface area contributed by atoms with Gasteiger partial charge >= 0.3 is 0 Å². The van der Waals surface area contributed by atoms with Gasteiger partial charge in [-0.2, -0.15) is 0 Å². The van der Waals surface area contributed by atoms with Crippen molar-refractivity contribution in [3.63, 3.8) is 0 Å². The van der Waals surface area contributed by atoms with Crippen LogP contribution < -0.4 is 10.2 Å². The minimum Gasteiger partial charge on any atom is -0.508 e. The second kappa shape index (κ2) is 5.41. The zero-order chi connectivity index (χ0) is 17.7. The maximum absolute atomic E-state index is 12.9. The van der Waals surface area contributed by atoms with Crippen molar-refractivity contribution >= 4 is 11.0 Å². The van der Waals surface area contributed by atoms with E-state index in [0.29, 0.717) is 28.9 Å². The van der Waals surface area contributed by atoms with E-state index in [0.717, 1.165) is 5.57 Å². The van der Waals surface area contributed by atoms with Crippen molar-refractivity contribution in [3.05, 3.63) is 64.5 Å². The standard InChI is InChI=1S/C20H16O5/c1-10(2)15-7-13-16(25-15)8-17-18(19(13)22)20(23)14(9-24-17)11-3-5-12(21)6-4-11/h3-6,8-9,15,21-22H,1,7H2,2H3/t15-/m1/s1. The molecule has 3 aromatic rings. The van der Waals surface area contributed by atoms with Crippen LogP contribution in [0.4, 0.5) is 0 Å². The lowest BCUT2D eigenvalue weighted by Gasteiger charge is -2.09. The molecule has 0 saturated carbocycles. The SMILES string of the molecule is C=C(C)[C@H]1Cc2c(cc3occ(-c4ccc(O)cc4)c(=O)c3c2O)O1. The van der Waals surface area contributed by atoms with E-state index in [1.807, 2.05) is 6.92 Å². The minimum absolute atomic E-state index is 0.106. The van der Waals surface area contributed by atoms with Gasteiger partial charge in [0.05, 0.1) is 5.56 Å². The summed E-state index contributed by atoms with van der Waals surface area (Å²) in [7, 11) is 0. The van der Waals surface area contributed by atoms with Gasteiger partial charge in [-0.3, -0.25) is 4.79 Å². The van der Waals surface area contributed by atoms with E-state index in [4.69, 9.17) is 9.15 Å². The molecule has 126 valence electrons. The summed E-state index contributed by atoms with van der Waals surface area (Å²) in [5, 5.41) is 20.2. The Morgan fingerprint density at radius 2 is 1.96 bits per heavy atom. The number of ether oxygens (including phenoxy) is 1. The Bertz CT molecular complexity index is 1060. The van der Waals surface area contributed by atoms with Crippen molar-refractivity contribution < 1.29 is 19.4 Å². The van der Waals surface area contributed by atoms with Gasteiger partial charge in [0, 0.05) is 18.1 Å². The Kier molecular flexibility index (Phi) is 3.32. The van der Waals surface area contributed by atoms with Crippen molar-refractivity contribution in [1.82, 2.24) is 0 Å². The molecule has 5 heteroatoms. The van der Waals surface area contributed by atoms with Crippen LogP contribution in [0, 0.1) is 0 Å². The summed E-state index contributed by atoms with van der Waals surface area (Å²) in [6.45, 7) is 5.75. The summed E-state index contributed by atoms with van der Waals surface area (Å²) in [6, 6.07) is 7.87. The second-order valence-electron chi connectivity index (χ2n) is 6.26. The number of fused-ring (bicyclic) bond motifs is 2. The maximum atomic E-state index is 12.9. The van der Waals surface area contributed by atoms with E-state index < -0.39 is 0 Å². The molecule has 1 atom stereocenters. The highest BCUT2D eigenvalue weighted by atomic mass is 16.5. The molecule has 2 aromatic carbocycles. The molecule has 0 radical (unpaired) electrons. The van der Waals surface area contributed by atoms with Crippen molar-refractivity contribution in [3.8, 4) is 28.4 Å². The number of hydrogen-bond donors (Lipinski definition) is 2. The predicted molar refractivity (Wildman–Crippen MR) is 94.2 cm³/mol. The first kappa shape index (κ1) is 15.3. The Morgan fingerprint density at radius 3 is 2.64 bits per heavy atom. The van der Waals surface area contributed by atoms with Crippen molar-refractivity contribution in [2.75, 3.05) is 0 Å². The summed E-state index contributed by atoms with van der Waals surface area (Å²) in [5.41, 5.74) is 2.30. The molecule has 0 fully saturated rings. The molecular formula is C20H16O5. The van der Waals surface area contributed by atoms with Gasteiger partial charge in [0.15, 0.2) is 0 Å². The molecule has 0 bridgehead atoms. The Balaban J connectivity index is 1.92. The molecule has 25 heavy (non-hydrogen) atoms. The topological polar surface area (TPSA) is 79.9 Å². The molecule has 4 rings (SSSR count). The number of aromatic hydroxyl groups is 2. The summed E-state index contributed by atoms with van der Waals surface area (Å²) in [6.07, 6.45) is 1.60. The smallest absolute Gasteiger partial charge is 0.204 e. The van der Waals surface area contributed by atoms with Crippen LogP contribution in [-0.4, -0.2) is 16.3 Å². The number of phenols is 2. The Morgan fingerprint density at radius 1 is 1.24 bits per heavy atom. The molecule has 1 aliphatic rings.